The van der Waals surface area contributed by atoms with Gasteiger partial charge >= 0.3 is 6.09 Å². The summed E-state index contributed by atoms with van der Waals surface area (Å²) in [5, 5.41) is 0. The monoisotopic (exact) mass is 347 g/mol. The van der Waals surface area contributed by atoms with Crippen LogP contribution in [0.4, 0.5) is 4.79 Å². The first-order chi connectivity index (χ1) is 11.4. The van der Waals surface area contributed by atoms with Crippen LogP contribution in [0.5, 0.6) is 0 Å². The summed E-state index contributed by atoms with van der Waals surface area (Å²) in [7, 11) is 0. The summed E-state index contributed by atoms with van der Waals surface area (Å²) < 4.78 is 5.53. The molecule has 0 aromatic carbocycles. The largest absolute Gasteiger partial charge is 0.444 e. The summed E-state index contributed by atoms with van der Waals surface area (Å²) in [6.07, 6.45) is 4.54. The number of amides is 1. The Morgan fingerprint density at radius 1 is 1.46 bits per heavy atom. The minimum atomic E-state index is -0.480. The van der Waals surface area contributed by atoms with Crippen molar-refractivity contribution < 1.29 is 9.53 Å². The van der Waals surface area contributed by atoms with Crippen molar-refractivity contribution in [3.05, 3.63) is 29.0 Å². The molecule has 0 aliphatic carbocycles. The van der Waals surface area contributed by atoms with Crippen LogP contribution >= 0.6 is 11.3 Å². The first kappa shape index (κ1) is 17.0. The second kappa shape index (κ2) is 6.59. The Bertz CT molecular complexity index is 714. The molecule has 1 atom stereocenters. The molecule has 0 saturated carbocycles. The topological polar surface area (TPSA) is 58.2 Å². The molecule has 130 valence electrons. The normalized spacial score (nSPS) is 18.2. The quantitative estimate of drug-likeness (QED) is 0.870. The van der Waals surface area contributed by atoms with Gasteiger partial charge in [0.2, 0.25) is 0 Å². The number of nitrogens with one attached hydrogen (secondary N) is 1. The number of likely N-dealkylation sites (tertiary alicyclic amines) is 1. The maximum atomic E-state index is 12.4. The fourth-order valence-electron chi connectivity index (χ4n) is 2.93. The summed E-state index contributed by atoms with van der Waals surface area (Å²) in [5.41, 5.74) is 0.539. The number of H-pyrrole nitrogens is 1. The lowest BCUT2D eigenvalue weighted by molar-refractivity contribution is 0.0219. The van der Waals surface area contributed by atoms with Crippen LogP contribution in [-0.2, 0) is 11.2 Å². The molecular weight excluding hydrogens is 322 g/mol. The number of imidazole rings is 1. The standard InChI is InChI=1S/C18H25N3O2S/c1-5-12-8-9-15(24-12)13-11-19-16(20-13)14-7-6-10-21(14)17(22)23-18(2,3)4/h8-9,11,14H,5-7,10H2,1-4H3,(H,19,20)/t14-/m0/s1. The number of carbonyl (C=O) groups is 1. The summed E-state index contributed by atoms with van der Waals surface area (Å²) in [5.74, 6) is 0.847. The van der Waals surface area contributed by atoms with E-state index in [0.29, 0.717) is 6.54 Å². The predicted molar refractivity (Wildman–Crippen MR) is 96.2 cm³/mol. The van der Waals surface area contributed by atoms with Crippen LogP contribution in [0, 0.1) is 0 Å². The van der Waals surface area contributed by atoms with Crippen LogP contribution in [0.15, 0.2) is 18.3 Å². The molecule has 1 N–H and O–H groups in total. The number of carbonyl (C=O) groups excluding carboxylic acids is 1. The van der Waals surface area contributed by atoms with Crippen LogP contribution in [-0.4, -0.2) is 33.1 Å². The molecule has 3 rings (SSSR count). The summed E-state index contributed by atoms with van der Waals surface area (Å²) in [6.45, 7) is 8.55. The molecule has 1 aliphatic heterocycles. The SMILES string of the molecule is CCc1ccc(-c2cnc([C@@H]3CCCN3C(=O)OC(C)(C)C)[nH]2)s1. The number of aromatic amines is 1. The van der Waals surface area contributed by atoms with E-state index < -0.39 is 5.60 Å². The second-order valence-corrected chi connectivity index (χ2v) is 8.30. The smallest absolute Gasteiger partial charge is 0.410 e. The first-order valence-corrected chi connectivity index (χ1v) is 9.32. The lowest BCUT2D eigenvalue weighted by atomic mass is 10.2. The Morgan fingerprint density at radius 2 is 2.25 bits per heavy atom. The lowest BCUT2D eigenvalue weighted by Gasteiger charge is -2.27. The zero-order valence-electron chi connectivity index (χ0n) is 14.8. The van der Waals surface area contributed by atoms with Crippen molar-refractivity contribution in [3.63, 3.8) is 0 Å². The Balaban J connectivity index is 1.77. The van der Waals surface area contributed by atoms with E-state index in [-0.39, 0.29) is 12.1 Å². The molecule has 1 fully saturated rings. The maximum Gasteiger partial charge on any atom is 0.410 e. The zero-order chi connectivity index (χ0) is 17.3. The molecule has 3 heterocycles. The molecule has 1 aliphatic rings. The molecular formula is C18H25N3O2S. The number of aryl methyl sites for hydroxylation is 1. The van der Waals surface area contributed by atoms with Gasteiger partial charge in [0, 0.05) is 11.4 Å². The van der Waals surface area contributed by atoms with Gasteiger partial charge in [0.1, 0.15) is 11.4 Å². The van der Waals surface area contributed by atoms with Crippen LogP contribution in [0.1, 0.15) is 57.3 Å². The Hall–Kier alpha value is -1.82. The highest BCUT2D eigenvalue weighted by Crippen LogP contribution is 2.34. The molecule has 6 heteroatoms. The molecule has 24 heavy (non-hydrogen) atoms. The molecule has 0 unspecified atom stereocenters. The van der Waals surface area contributed by atoms with E-state index in [1.54, 1.807) is 16.2 Å². The minimum absolute atomic E-state index is 0.0285. The van der Waals surface area contributed by atoms with Crippen molar-refractivity contribution in [2.75, 3.05) is 6.54 Å². The van der Waals surface area contributed by atoms with Gasteiger partial charge in [-0.2, -0.15) is 0 Å². The van der Waals surface area contributed by atoms with Crippen molar-refractivity contribution in [1.29, 1.82) is 0 Å². The highest BCUT2D eigenvalue weighted by molar-refractivity contribution is 7.15. The van der Waals surface area contributed by atoms with E-state index in [1.165, 1.54) is 9.75 Å². The van der Waals surface area contributed by atoms with E-state index in [0.717, 1.165) is 30.8 Å². The Labute approximate surface area is 147 Å². The Morgan fingerprint density at radius 3 is 2.92 bits per heavy atom. The van der Waals surface area contributed by atoms with Gasteiger partial charge in [0.25, 0.3) is 0 Å². The molecule has 5 nitrogen and oxygen atoms in total. The first-order valence-electron chi connectivity index (χ1n) is 8.51. The third kappa shape index (κ3) is 3.64. The van der Waals surface area contributed by atoms with Gasteiger partial charge in [0.05, 0.1) is 22.8 Å². The Kier molecular flexibility index (Phi) is 4.67. The highest BCUT2D eigenvalue weighted by atomic mass is 32.1. The third-order valence-electron chi connectivity index (χ3n) is 4.07. The molecule has 1 amide bonds. The number of hydrogen-bond acceptors (Lipinski definition) is 4. The summed E-state index contributed by atoms with van der Waals surface area (Å²) in [4.78, 5) is 24.7. The van der Waals surface area contributed by atoms with Gasteiger partial charge in [-0.1, -0.05) is 6.92 Å². The fraction of sp³-hybridized carbons (Fsp3) is 0.556. The zero-order valence-corrected chi connectivity index (χ0v) is 15.6. The average Bonchev–Trinajstić information content (AvgIpc) is 3.23. The van der Waals surface area contributed by atoms with Crippen LogP contribution in [0.25, 0.3) is 10.6 Å². The highest BCUT2D eigenvalue weighted by Gasteiger charge is 2.34. The van der Waals surface area contributed by atoms with Crippen LogP contribution < -0.4 is 0 Å². The number of thiophene rings is 1. The molecule has 2 aromatic heterocycles. The number of rotatable bonds is 3. The van der Waals surface area contributed by atoms with E-state index in [2.05, 4.69) is 29.0 Å². The third-order valence-corrected chi connectivity index (χ3v) is 5.33. The van der Waals surface area contributed by atoms with Crippen molar-refractivity contribution in [2.24, 2.45) is 0 Å². The van der Waals surface area contributed by atoms with Gasteiger partial charge in [-0.3, -0.25) is 4.90 Å². The van der Waals surface area contributed by atoms with Gasteiger partial charge < -0.3 is 9.72 Å². The number of nitrogens with zero attached hydrogens (tertiary/aromatic N) is 2. The molecule has 1 saturated heterocycles. The van der Waals surface area contributed by atoms with Crippen molar-refractivity contribution in [2.45, 2.75) is 58.6 Å². The molecule has 0 spiro atoms. The van der Waals surface area contributed by atoms with E-state index in [9.17, 15) is 4.79 Å². The van der Waals surface area contributed by atoms with Gasteiger partial charge in [-0.05, 0) is 52.2 Å². The van der Waals surface area contributed by atoms with Gasteiger partial charge in [-0.25, -0.2) is 9.78 Å². The van der Waals surface area contributed by atoms with Gasteiger partial charge in [-0.15, -0.1) is 11.3 Å². The van der Waals surface area contributed by atoms with Crippen LogP contribution in [0.3, 0.4) is 0 Å². The maximum absolute atomic E-state index is 12.4. The molecule has 0 radical (unpaired) electrons. The second-order valence-electron chi connectivity index (χ2n) is 7.13. The predicted octanol–water partition coefficient (Wildman–Crippen LogP) is 4.77. The van der Waals surface area contributed by atoms with Crippen molar-refractivity contribution in [1.82, 2.24) is 14.9 Å². The number of hydrogen-bond donors (Lipinski definition) is 1. The van der Waals surface area contributed by atoms with E-state index >= 15 is 0 Å². The summed E-state index contributed by atoms with van der Waals surface area (Å²) in [6, 6.07) is 4.25. The van der Waals surface area contributed by atoms with Crippen molar-refractivity contribution in [3.8, 4) is 10.6 Å². The van der Waals surface area contributed by atoms with Crippen molar-refractivity contribution >= 4 is 17.4 Å². The average molecular weight is 347 g/mol. The van der Waals surface area contributed by atoms with E-state index in [1.807, 2.05) is 27.0 Å². The fourth-order valence-corrected chi connectivity index (χ4v) is 3.85. The van der Waals surface area contributed by atoms with Gasteiger partial charge in [0.15, 0.2) is 0 Å². The minimum Gasteiger partial charge on any atom is -0.444 e. The number of aromatic nitrogens is 2. The number of ether oxygens (including phenoxy) is 1. The van der Waals surface area contributed by atoms with E-state index in [4.69, 9.17) is 4.74 Å². The summed E-state index contributed by atoms with van der Waals surface area (Å²) >= 11 is 1.78. The van der Waals surface area contributed by atoms with Crippen LogP contribution in [0.2, 0.25) is 0 Å². The lowest BCUT2D eigenvalue weighted by Crippen LogP contribution is -2.36. The molecule has 2 aromatic rings. The molecule has 0 bridgehead atoms.